The van der Waals surface area contributed by atoms with Crippen LogP contribution in [0.25, 0.3) is 5.65 Å². The Morgan fingerprint density at radius 3 is 2.58 bits per heavy atom. The molecule has 31 heavy (non-hydrogen) atoms. The molecule has 1 fully saturated rings. The molecule has 0 spiro atoms. The molecule has 3 aromatic heterocycles. The van der Waals surface area contributed by atoms with E-state index in [1.165, 1.54) is 4.40 Å². The number of aryl methyl sites for hydroxylation is 1. The molecule has 1 aliphatic rings. The first-order valence-electron chi connectivity index (χ1n) is 10.2. The number of alkyl halides is 3. The highest BCUT2D eigenvalue weighted by atomic mass is 19.4. The molecule has 1 N–H and O–H groups in total. The van der Waals surface area contributed by atoms with E-state index in [1.54, 1.807) is 36.5 Å². The molecule has 0 unspecified atom stereocenters. The third kappa shape index (κ3) is 4.35. The molecular formula is C22H24F3N5O. The van der Waals surface area contributed by atoms with Crippen LogP contribution >= 0.6 is 0 Å². The molecular weight excluding hydrogens is 407 g/mol. The Morgan fingerprint density at radius 1 is 1.16 bits per heavy atom. The number of pyridine rings is 2. The Morgan fingerprint density at radius 2 is 1.90 bits per heavy atom. The molecule has 1 saturated carbocycles. The third-order valence-electron chi connectivity index (χ3n) is 5.95. The van der Waals surface area contributed by atoms with Gasteiger partial charge in [-0.3, -0.25) is 14.2 Å². The fourth-order valence-electron chi connectivity index (χ4n) is 4.20. The van der Waals surface area contributed by atoms with Crippen molar-refractivity contribution in [1.29, 1.82) is 0 Å². The maximum Gasteiger partial charge on any atom is 0.434 e. The van der Waals surface area contributed by atoms with Gasteiger partial charge in [-0.15, -0.1) is 0 Å². The van der Waals surface area contributed by atoms with Crippen LogP contribution in [0.3, 0.4) is 0 Å². The maximum absolute atomic E-state index is 13.1. The number of hydrogen-bond acceptors (Lipinski definition) is 4. The van der Waals surface area contributed by atoms with E-state index in [2.05, 4.69) is 15.3 Å². The second-order valence-electron chi connectivity index (χ2n) is 7.96. The number of halogens is 3. The van der Waals surface area contributed by atoms with Crippen molar-refractivity contribution < 1.29 is 18.0 Å². The minimum Gasteiger partial charge on any atom is -0.358 e. The number of hydrogen-bond donors (Lipinski definition) is 1. The molecule has 3 heterocycles. The van der Waals surface area contributed by atoms with Gasteiger partial charge in [0.15, 0.2) is 5.69 Å². The number of amides is 1. The standard InChI is InChI=1S/C22H24F3N5O/c1-14-17(5-4-12-26-14)21(31)27-15-8-10-16(11-9-15)29(2)20-7-3-6-19-28-18(13-30(19)20)22(23,24)25/h3-7,12-13,15-16H,8-11H2,1-2H3,(H,27,31)/t15-,16+. The summed E-state index contributed by atoms with van der Waals surface area (Å²) in [4.78, 5) is 22.4. The highest BCUT2D eigenvalue weighted by Crippen LogP contribution is 2.31. The van der Waals surface area contributed by atoms with E-state index < -0.39 is 11.9 Å². The van der Waals surface area contributed by atoms with Gasteiger partial charge in [-0.05, 0) is 56.9 Å². The molecule has 0 bridgehead atoms. The predicted octanol–water partition coefficient (Wildman–Crippen LogP) is 4.23. The fourth-order valence-corrected chi connectivity index (χ4v) is 4.20. The van der Waals surface area contributed by atoms with Gasteiger partial charge in [0.1, 0.15) is 11.5 Å². The first-order valence-corrected chi connectivity index (χ1v) is 10.2. The maximum atomic E-state index is 13.1. The summed E-state index contributed by atoms with van der Waals surface area (Å²) in [6, 6.07) is 8.82. The zero-order chi connectivity index (χ0) is 22.2. The van der Waals surface area contributed by atoms with Gasteiger partial charge < -0.3 is 10.2 Å². The van der Waals surface area contributed by atoms with Crippen LogP contribution in [0.2, 0.25) is 0 Å². The summed E-state index contributed by atoms with van der Waals surface area (Å²) in [6.45, 7) is 1.81. The molecule has 9 heteroatoms. The van der Waals surface area contributed by atoms with E-state index in [0.29, 0.717) is 17.1 Å². The average molecular weight is 431 g/mol. The topological polar surface area (TPSA) is 62.5 Å². The molecule has 1 amide bonds. The van der Waals surface area contributed by atoms with Crippen LogP contribution in [-0.2, 0) is 6.18 Å². The Labute approximate surface area is 178 Å². The van der Waals surface area contributed by atoms with Gasteiger partial charge in [0.25, 0.3) is 5.91 Å². The molecule has 1 aliphatic carbocycles. The van der Waals surface area contributed by atoms with E-state index in [0.717, 1.165) is 31.9 Å². The normalized spacial score (nSPS) is 19.4. The van der Waals surface area contributed by atoms with Crippen molar-refractivity contribution in [2.75, 3.05) is 11.9 Å². The summed E-state index contributed by atoms with van der Waals surface area (Å²) >= 11 is 0. The minimum absolute atomic E-state index is 0.0672. The van der Waals surface area contributed by atoms with Crippen LogP contribution in [0.4, 0.5) is 19.0 Å². The summed E-state index contributed by atoms with van der Waals surface area (Å²) in [6.07, 6.45) is 1.47. The van der Waals surface area contributed by atoms with Crippen molar-refractivity contribution >= 4 is 17.4 Å². The molecule has 3 aromatic rings. The second kappa shape index (κ2) is 8.20. The largest absolute Gasteiger partial charge is 0.434 e. The highest BCUT2D eigenvalue weighted by molar-refractivity contribution is 5.95. The summed E-state index contributed by atoms with van der Waals surface area (Å²) in [5, 5.41) is 3.09. The van der Waals surface area contributed by atoms with Gasteiger partial charge in [0.2, 0.25) is 0 Å². The van der Waals surface area contributed by atoms with Crippen molar-refractivity contribution in [3.05, 3.63) is 59.7 Å². The first kappa shape index (κ1) is 21.1. The summed E-state index contributed by atoms with van der Waals surface area (Å²) in [5.41, 5.74) is 0.643. The molecule has 6 nitrogen and oxygen atoms in total. The van der Waals surface area contributed by atoms with Crippen molar-refractivity contribution in [3.63, 3.8) is 0 Å². The van der Waals surface area contributed by atoms with Crippen LogP contribution in [-0.4, -0.2) is 39.4 Å². The van der Waals surface area contributed by atoms with Crippen molar-refractivity contribution in [2.24, 2.45) is 0 Å². The van der Waals surface area contributed by atoms with E-state index >= 15 is 0 Å². The predicted molar refractivity (Wildman–Crippen MR) is 111 cm³/mol. The Hall–Kier alpha value is -3.10. The number of nitrogens with zero attached hydrogens (tertiary/aromatic N) is 4. The number of aromatic nitrogens is 3. The number of fused-ring (bicyclic) bond motifs is 1. The molecule has 0 atom stereocenters. The van der Waals surface area contributed by atoms with Gasteiger partial charge in [0, 0.05) is 37.2 Å². The van der Waals surface area contributed by atoms with Crippen LogP contribution in [0.15, 0.2) is 42.7 Å². The smallest absolute Gasteiger partial charge is 0.358 e. The number of carbonyl (C=O) groups is 1. The number of anilines is 1. The summed E-state index contributed by atoms with van der Waals surface area (Å²) < 4.78 is 40.7. The number of imidazole rings is 1. The van der Waals surface area contributed by atoms with E-state index in [9.17, 15) is 18.0 Å². The Bertz CT molecular complexity index is 1090. The van der Waals surface area contributed by atoms with E-state index in [1.807, 2.05) is 18.9 Å². The molecule has 164 valence electrons. The van der Waals surface area contributed by atoms with E-state index in [4.69, 9.17) is 0 Å². The summed E-state index contributed by atoms with van der Waals surface area (Å²) in [7, 11) is 1.89. The highest BCUT2D eigenvalue weighted by Gasteiger charge is 2.34. The van der Waals surface area contributed by atoms with Crippen molar-refractivity contribution in [3.8, 4) is 0 Å². The number of rotatable bonds is 4. The van der Waals surface area contributed by atoms with Crippen molar-refractivity contribution in [1.82, 2.24) is 19.7 Å². The lowest BCUT2D eigenvalue weighted by molar-refractivity contribution is -0.140. The molecule has 0 aromatic carbocycles. The van der Waals surface area contributed by atoms with Gasteiger partial charge >= 0.3 is 6.18 Å². The van der Waals surface area contributed by atoms with Crippen LogP contribution in [0.5, 0.6) is 0 Å². The van der Waals surface area contributed by atoms with Gasteiger partial charge in [-0.2, -0.15) is 13.2 Å². The zero-order valence-corrected chi connectivity index (χ0v) is 17.4. The number of nitrogens with one attached hydrogen (secondary N) is 1. The quantitative estimate of drug-likeness (QED) is 0.672. The third-order valence-corrected chi connectivity index (χ3v) is 5.95. The fraction of sp³-hybridized carbons (Fsp3) is 0.409. The first-order chi connectivity index (χ1) is 14.7. The molecule has 0 saturated heterocycles. The SMILES string of the molecule is Cc1ncccc1C(=O)N[C@H]1CC[C@@H](N(C)c2cccc3nc(C(F)(F)F)cn23)CC1. The van der Waals surface area contributed by atoms with E-state index in [-0.39, 0.29) is 23.6 Å². The molecule has 0 radical (unpaired) electrons. The Balaban J connectivity index is 1.43. The summed E-state index contributed by atoms with van der Waals surface area (Å²) in [5.74, 6) is 0.546. The van der Waals surface area contributed by atoms with Crippen LogP contribution < -0.4 is 10.2 Å². The number of carbonyl (C=O) groups excluding carboxylic acids is 1. The second-order valence-corrected chi connectivity index (χ2v) is 7.96. The lowest BCUT2D eigenvalue weighted by Crippen LogP contribution is -2.43. The molecule has 0 aliphatic heterocycles. The lowest BCUT2D eigenvalue weighted by atomic mass is 9.90. The van der Waals surface area contributed by atoms with Gasteiger partial charge in [-0.1, -0.05) is 6.07 Å². The van der Waals surface area contributed by atoms with Crippen LogP contribution in [0.1, 0.15) is 47.4 Å². The monoisotopic (exact) mass is 431 g/mol. The Kier molecular flexibility index (Phi) is 5.60. The van der Waals surface area contributed by atoms with Gasteiger partial charge in [0.05, 0.1) is 5.56 Å². The van der Waals surface area contributed by atoms with Gasteiger partial charge in [-0.25, -0.2) is 4.98 Å². The van der Waals surface area contributed by atoms with Crippen LogP contribution in [0, 0.1) is 6.92 Å². The molecule has 4 rings (SSSR count). The van der Waals surface area contributed by atoms with Crippen molar-refractivity contribution in [2.45, 2.75) is 50.9 Å². The minimum atomic E-state index is -4.48. The lowest BCUT2D eigenvalue weighted by Gasteiger charge is -2.36. The zero-order valence-electron chi connectivity index (χ0n) is 17.4. The average Bonchev–Trinajstić information content (AvgIpc) is 3.19.